The molecule has 0 radical (unpaired) electrons. The third-order valence-electron chi connectivity index (χ3n) is 5.52. The standard InChI is InChI=1S/C24H22N4O4S2/c1-2-3-9-25-21-16(22(29)27-10-5-4-6-20(27)26-21)12-19-23(30)28(24(33)34-19)13-15-7-8-17-18(11-15)32-14-31-17/h4-8,10-12,25H,2-3,9,13-14H2,1H3/b19-12+. The molecule has 34 heavy (non-hydrogen) atoms. The summed E-state index contributed by atoms with van der Waals surface area (Å²) in [4.78, 5) is 33.1. The van der Waals surface area contributed by atoms with E-state index in [4.69, 9.17) is 21.7 Å². The van der Waals surface area contributed by atoms with Crippen molar-refractivity contribution in [2.24, 2.45) is 0 Å². The van der Waals surface area contributed by atoms with E-state index in [0.29, 0.717) is 50.8 Å². The molecule has 1 saturated heterocycles. The van der Waals surface area contributed by atoms with Crippen molar-refractivity contribution < 1.29 is 14.3 Å². The van der Waals surface area contributed by atoms with Crippen LogP contribution in [0.1, 0.15) is 30.9 Å². The summed E-state index contributed by atoms with van der Waals surface area (Å²) in [6.07, 6.45) is 5.21. The molecule has 2 aliphatic rings. The van der Waals surface area contributed by atoms with Crippen molar-refractivity contribution in [2.75, 3.05) is 18.7 Å². The number of pyridine rings is 1. The first kappa shape index (κ1) is 22.4. The molecule has 8 nitrogen and oxygen atoms in total. The van der Waals surface area contributed by atoms with E-state index in [0.717, 1.165) is 18.4 Å². The molecule has 1 fully saturated rings. The van der Waals surface area contributed by atoms with Gasteiger partial charge in [0.05, 0.1) is 17.0 Å². The molecule has 0 saturated carbocycles. The zero-order valence-electron chi connectivity index (χ0n) is 18.4. The zero-order valence-corrected chi connectivity index (χ0v) is 20.1. The lowest BCUT2D eigenvalue weighted by Gasteiger charge is -2.14. The fraction of sp³-hybridized carbons (Fsp3) is 0.250. The van der Waals surface area contributed by atoms with Crippen molar-refractivity contribution in [1.29, 1.82) is 0 Å². The Morgan fingerprint density at radius 3 is 2.91 bits per heavy atom. The lowest BCUT2D eigenvalue weighted by atomic mass is 10.2. The molecular formula is C24H22N4O4S2. The lowest BCUT2D eigenvalue weighted by Crippen LogP contribution is -2.27. The van der Waals surface area contributed by atoms with E-state index < -0.39 is 0 Å². The number of rotatable bonds is 7. The Bertz CT molecular complexity index is 1390. The van der Waals surface area contributed by atoms with Gasteiger partial charge in [-0.05, 0) is 42.3 Å². The normalized spacial score (nSPS) is 16.1. The molecule has 2 aromatic heterocycles. The van der Waals surface area contributed by atoms with Gasteiger partial charge in [-0.3, -0.25) is 18.9 Å². The number of hydrogen-bond acceptors (Lipinski definition) is 8. The van der Waals surface area contributed by atoms with Crippen molar-refractivity contribution in [2.45, 2.75) is 26.3 Å². The first-order valence-corrected chi connectivity index (χ1v) is 12.2. The molecule has 3 aromatic rings. The fourth-order valence-electron chi connectivity index (χ4n) is 3.74. The second-order valence-electron chi connectivity index (χ2n) is 7.84. The summed E-state index contributed by atoms with van der Waals surface area (Å²) in [6.45, 7) is 3.26. The van der Waals surface area contributed by atoms with Crippen LogP contribution < -0.4 is 20.3 Å². The average molecular weight is 495 g/mol. The van der Waals surface area contributed by atoms with E-state index >= 15 is 0 Å². The van der Waals surface area contributed by atoms with Gasteiger partial charge in [0, 0.05) is 12.7 Å². The van der Waals surface area contributed by atoms with Crippen LogP contribution in [-0.2, 0) is 11.3 Å². The number of nitrogens with zero attached hydrogens (tertiary/aromatic N) is 3. The Balaban J connectivity index is 1.47. The van der Waals surface area contributed by atoms with E-state index in [9.17, 15) is 9.59 Å². The quantitative estimate of drug-likeness (QED) is 0.299. The van der Waals surface area contributed by atoms with Crippen LogP contribution in [0, 0.1) is 0 Å². The molecule has 0 spiro atoms. The van der Waals surface area contributed by atoms with Gasteiger partial charge in [0.25, 0.3) is 11.5 Å². The van der Waals surface area contributed by atoms with Crippen LogP contribution in [-0.4, -0.2) is 37.8 Å². The summed E-state index contributed by atoms with van der Waals surface area (Å²) < 4.78 is 12.7. The molecule has 5 rings (SSSR count). The third kappa shape index (κ3) is 4.26. The van der Waals surface area contributed by atoms with Gasteiger partial charge in [-0.15, -0.1) is 0 Å². The van der Waals surface area contributed by atoms with Gasteiger partial charge in [-0.1, -0.05) is 49.5 Å². The monoisotopic (exact) mass is 494 g/mol. The summed E-state index contributed by atoms with van der Waals surface area (Å²) in [5.74, 6) is 1.55. The molecule has 174 valence electrons. The number of unbranched alkanes of at least 4 members (excludes halogenated alkanes) is 1. The first-order valence-electron chi connectivity index (χ1n) is 10.9. The van der Waals surface area contributed by atoms with Gasteiger partial charge in [0.2, 0.25) is 6.79 Å². The number of carbonyl (C=O) groups is 1. The van der Waals surface area contributed by atoms with Crippen molar-refractivity contribution in [3.8, 4) is 11.5 Å². The summed E-state index contributed by atoms with van der Waals surface area (Å²) in [6, 6.07) is 10.9. The molecule has 0 aliphatic carbocycles. The van der Waals surface area contributed by atoms with E-state index in [2.05, 4.69) is 17.2 Å². The molecule has 0 atom stereocenters. The van der Waals surface area contributed by atoms with Crippen molar-refractivity contribution in [1.82, 2.24) is 14.3 Å². The summed E-state index contributed by atoms with van der Waals surface area (Å²) in [5.41, 5.74) is 1.50. The highest BCUT2D eigenvalue weighted by molar-refractivity contribution is 8.26. The minimum absolute atomic E-state index is 0.187. The number of hydrogen-bond donors (Lipinski definition) is 1. The van der Waals surface area contributed by atoms with Gasteiger partial charge in [0.15, 0.2) is 11.5 Å². The number of amides is 1. The number of thioether (sulfide) groups is 1. The summed E-state index contributed by atoms with van der Waals surface area (Å²) in [7, 11) is 0. The topological polar surface area (TPSA) is 85.2 Å². The molecule has 4 heterocycles. The molecule has 0 bridgehead atoms. The minimum atomic E-state index is -0.246. The Kier molecular flexibility index (Phi) is 6.25. The van der Waals surface area contributed by atoms with Crippen LogP contribution in [0.15, 0.2) is 52.3 Å². The lowest BCUT2D eigenvalue weighted by molar-refractivity contribution is -0.122. The Morgan fingerprint density at radius 1 is 1.21 bits per heavy atom. The number of anilines is 1. The number of aromatic nitrogens is 2. The molecule has 1 N–H and O–H groups in total. The van der Waals surface area contributed by atoms with Crippen LogP contribution in [0.25, 0.3) is 11.7 Å². The zero-order chi connectivity index (χ0) is 23.7. The molecule has 1 amide bonds. The summed E-state index contributed by atoms with van der Waals surface area (Å²) >= 11 is 6.68. The largest absolute Gasteiger partial charge is 0.454 e. The third-order valence-corrected chi connectivity index (χ3v) is 6.90. The van der Waals surface area contributed by atoms with Gasteiger partial charge in [-0.25, -0.2) is 4.98 Å². The second kappa shape index (κ2) is 9.47. The number of nitrogens with one attached hydrogen (secondary N) is 1. The molecule has 10 heteroatoms. The van der Waals surface area contributed by atoms with Gasteiger partial charge < -0.3 is 14.8 Å². The number of benzene rings is 1. The van der Waals surface area contributed by atoms with E-state index in [-0.39, 0.29) is 18.3 Å². The minimum Gasteiger partial charge on any atom is -0.454 e. The number of carbonyl (C=O) groups excluding carboxylic acids is 1. The van der Waals surface area contributed by atoms with Crippen LogP contribution in [0.5, 0.6) is 11.5 Å². The van der Waals surface area contributed by atoms with E-state index in [1.165, 1.54) is 21.1 Å². The van der Waals surface area contributed by atoms with E-state index in [1.54, 1.807) is 24.4 Å². The maximum Gasteiger partial charge on any atom is 0.267 e. The maximum absolute atomic E-state index is 13.3. The van der Waals surface area contributed by atoms with Crippen molar-refractivity contribution >= 4 is 51.7 Å². The maximum atomic E-state index is 13.3. The number of fused-ring (bicyclic) bond motifs is 2. The highest BCUT2D eigenvalue weighted by Crippen LogP contribution is 2.36. The molecule has 2 aliphatic heterocycles. The predicted molar refractivity (Wildman–Crippen MR) is 136 cm³/mol. The predicted octanol–water partition coefficient (Wildman–Crippen LogP) is 4.04. The Hall–Kier alpha value is -3.37. The molecular weight excluding hydrogens is 472 g/mol. The molecule has 1 aromatic carbocycles. The smallest absolute Gasteiger partial charge is 0.267 e. The van der Waals surface area contributed by atoms with Crippen molar-refractivity contribution in [3.63, 3.8) is 0 Å². The second-order valence-corrected chi connectivity index (χ2v) is 9.52. The van der Waals surface area contributed by atoms with Gasteiger partial charge in [0.1, 0.15) is 15.8 Å². The number of ether oxygens (including phenoxy) is 2. The highest BCUT2D eigenvalue weighted by Gasteiger charge is 2.33. The SMILES string of the molecule is CCCCNc1nc2ccccn2c(=O)c1/C=C1/SC(=S)N(Cc2ccc3c(c2)OCO3)C1=O. The van der Waals surface area contributed by atoms with Crippen LogP contribution in [0.4, 0.5) is 5.82 Å². The average Bonchev–Trinajstić information content (AvgIpc) is 3.41. The highest BCUT2D eigenvalue weighted by atomic mass is 32.2. The van der Waals surface area contributed by atoms with Gasteiger partial charge >= 0.3 is 0 Å². The fourth-order valence-corrected chi connectivity index (χ4v) is 4.98. The van der Waals surface area contributed by atoms with Crippen LogP contribution in [0.3, 0.4) is 0 Å². The summed E-state index contributed by atoms with van der Waals surface area (Å²) in [5, 5.41) is 3.26. The number of thiocarbonyl (C=S) groups is 1. The molecule has 0 unspecified atom stereocenters. The van der Waals surface area contributed by atoms with Crippen LogP contribution in [0.2, 0.25) is 0 Å². The van der Waals surface area contributed by atoms with E-state index in [1.807, 2.05) is 24.3 Å². The van der Waals surface area contributed by atoms with Gasteiger partial charge in [-0.2, -0.15) is 0 Å². The van der Waals surface area contributed by atoms with Crippen molar-refractivity contribution in [3.05, 3.63) is 69.0 Å². The Labute approximate surface area is 205 Å². The first-order chi connectivity index (χ1) is 16.5. The Morgan fingerprint density at radius 2 is 2.06 bits per heavy atom. The van der Waals surface area contributed by atoms with Crippen LogP contribution >= 0.6 is 24.0 Å².